The van der Waals surface area contributed by atoms with Crippen LogP contribution in [-0.2, 0) is 0 Å². The summed E-state index contributed by atoms with van der Waals surface area (Å²) in [6.07, 6.45) is 0. The Morgan fingerprint density at radius 1 is 0.472 bits per heavy atom. The molecule has 0 aliphatic heterocycles. The van der Waals surface area contributed by atoms with Crippen molar-refractivity contribution in [2.75, 3.05) is 4.90 Å². The molecular formula is C34H23NS. The first kappa shape index (κ1) is 20.9. The van der Waals surface area contributed by atoms with E-state index in [0.29, 0.717) is 0 Å². The molecule has 1 heterocycles. The summed E-state index contributed by atoms with van der Waals surface area (Å²) in [4.78, 5) is 2.41. The predicted molar refractivity (Wildman–Crippen MR) is 157 cm³/mol. The SMILES string of the molecule is c1ccc(-c2ccc(N(c3ccccc3)c3cc4ccccc4c4sc5ccccc5c34)cc2)cc1. The van der Waals surface area contributed by atoms with Crippen LogP contribution in [0.4, 0.5) is 17.1 Å². The molecule has 6 aromatic carbocycles. The van der Waals surface area contributed by atoms with Gasteiger partial charge in [-0.05, 0) is 58.3 Å². The fourth-order valence-corrected chi connectivity index (χ4v) is 6.41. The average Bonchev–Trinajstić information content (AvgIpc) is 3.35. The Labute approximate surface area is 214 Å². The summed E-state index contributed by atoms with van der Waals surface area (Å²) in [6, 6.07) is 50.1. The fraction of sp³-hybridized carbons (Fsp3) is 0. The lowest BCUT2D eigenvalue weighted by atomic mass is 10.0. The van der Waals surface area contributed by atoms with Gasteiger partial charge in [-0.15, -0.1) is 11.3 Å². The standard InChI is InChI=1S/C34H23NS/c1-3-11-24(12-4-1)25-19-21-28(22-20-25)35(27-14-5-2-6-15-27)31-23-26-13-7-8-16-29(26)34-33(31)30-17-9-10-18-32(30)36-34/h1-23H. The van der Waals surface area contributed by atoms with E-state index in [0.717, 1.165) is 11.4 Å². The lowest BCUT2D eigenvalue weighted by molar-refractivity contribution is 1.30. The number of para-hydroxylation sites is 1. The number of hydrogen-bond donors (Lipinski definition) is 0. The highest BCUT2D eigenvalue weighted by atomic mass is 32.1. The molecule has 170 valence electrons. The van der Waals surface area contributed by atoms with E-state index < -0.39 is 0 Å². The maximum absolute atomic E-state index is 2.41. The van der Waals surface area contributed by atoms with Crippen LogP contribution in [0.3, 0.4) is 0 Å². The van der Waals surface area contributed by atoms with Crippen LogP contribution in [0, 0.1) is 0 Å². The van der Waals surface area contributed by atoms with E-state index in [9.17, 15) is 0 Å². The molecule has 0 saturated carbocycles. The molecule has 0 aliphatic carbocycles. The van der Waals surface area contributed by atoms with Gasteiger partial charge in [-0.2, -0.15) is 0 Å². The summed E-state index contributed by atoms with van der Waals surface area (Å²) in [7, 11) is 0. The molecule has 0 amide bonds. The van der Waals surface area contributed by atoms with E-state index in [1.807, 2.05) is 11.3 Å². The quantitative estimate of drug-likeness (QED) is 0.244. The van der Waals surface area contributed by atoms with Crippen molar-refractivity contribution >= 4 is 59.3 Å². The van der Waals surface area contributed by atoms with Crippen LogP contribution in [0.15, 0.2) is 140 Å². The minimum atomic E-state index is 1.15. The number of fused-ring (bicyclic) bond motifs is 5. The van der Waals surface area contributed by atoms with Crippen molar-refractivity contribution < 1.29 is 0 Å². The number of benzene rings is 6. The maximum atomic E-state index is 2.41. The Balaban J connectivity index is 1.52. The molecule has 0 atom stereocenters. The summed E-state index contributed by atoms with van der Waals surface area (Å²) >= 11 is 1.89. The predicted octanol–water partition coefficient (Wildman–Crippen LogP) is 10.3. The molecule has 0 unspecified atom stereocenters. The Morgan fingerprint density at radius 2 is 1.06 bits per heavy atom. The second kappa shape index (κ2) is 8.67. The molecule has 7 aromatic rings. The van der Waals surface area contributed by atoms with Gasteiger partial charge in [0.05, 0.1) is 5.69 Å². The highest BCUT2D eigenvalue weighted by Crippen LogP contribution is 2.47. The molecule has 2 heteroatoms. The van der Waals surface area contributed by atoms with Crippen LogP contribution >= 0.6 is 11.3 Å². The zero-order chi connectivity index (χ0) is 23.9. The third-order valence-corrected chi connectivity index (χ3v) is 8.04. The highest BCUT2D eigenvalue weighted by Gasteiger charge is 2.20. The monoisotopic (exact) mass is 477 g/mol. The van der Waals surface area contributed by atoms with E-state index in [4.69, 9.17) is 0 Å². The third-order valence-electron chi connectivity index (χ3n) is 6.84. The number of rotatable bonds is 4. The minimum absolute atomic E-state index is 1.15. The summed E-state index contributed by atoms with van der Waals surface area (Å²) in [5.41, 5.74) is 5.95. The van der Waals surface area contributed by atoms with E-state index in [1.54, 1.807) is 0 Å². The Morgan fingerprint density at radius 3 is 1.83 bits per heavy atom. The van der Waals surface area contributed by atoms with Gasteiger partial charge in [0.2, 0.25) is 0 Å². The topological polar surface area (TPSA) is 3.24 Å². The average molecular weight is 478 g/mol. The summed E-state index contributed by atoms with van der Waals surface area (Å²) in [6.45, 7) is 0. The van der Waals surface area contributed by atoms with Crippen LogP contribution in [0.5, 0.6) is 0 Å². The van der Waals surface area contributed by atoms with Gasteiger partial charge in [0.1, 0.15) is 0 Å². The molecular weight excluding hydrogens is 454 g/mol. The third kappa shape index (κ3) is 3.46. The molecule has 0 fully saturated rings. The van der Waals surface area contributed by atoms with Crippen LogP contribution in [0.1, 0.15) is 0 Å². The fourth-order valence-electron chi connectivity index (χ4n) is 5.15. The van der Waals surface area contributed by atoms with Crippen LogP contribution in [0.2, 0.25) is 0 Å². The van der Waals surface area contributed by atoms with Gasteiger partial charge >= 0.3 is 0 Å². The second-order valence-corrected chi connectivity index (χ2v) is 10.1. The van der Waals surface area contributed by atoms with Crippen molar-refractivity contribution in [3.05, 3.63) is 140 Å². The number of anilines is 3. The number of nitrogens with zero attached hydrogens (tertiary/aromatic N) is 1. The van der Waals surface area contributed by atoms with Crippen molar-refractivity contribution in [3.8, 4) is 11.1 Å². The minimum Gasteiger partial charge on any atom is -0.310 e. The molecule has 0 bridgehead atoms. The molecule has 0 aliphatic rings. The van der Waals surface area contributed by atoms with Crippen molar-refractivity contribution in [3.63, 3.8) is 0 Å². The second-order valence-electron chi connectivity index (χ2n) is 9.00. The van der Waals surface area contributed by atoms with E-state index in [1.165, 1.54) is 47.8 Å². The zero-order valence-corrected chi connectivity index (χ0v) is 20.5. The molecule has 7 rings (SSSR count). The maximum Gasteiger partial charge on any atom is 0.0561 e. The lowest BCUT2D eigenvalue weighted by Crippen LogP contribution is -2.10. The van der Waals surface area contributed by atoms with Gasteiger partial charge in [-0.3, -0.25) is 0 Å². The molecule has 1 nitrogen and oxygen atoms in total. The van der Waals surface area contributed by atoms with E-state index in [-0.39, 0.29) is 0 Å². The molecule has 0 spiro atoms. The van der Waals surface area contributed by atoms with Gasteiger partial charge in [0, 0.05) is 31.5 Å². The van der Waals surface area contributed by atoms with Crippen LogP contribution in [-0.4, -0.2) is 0 Å². The van der Waals surface area contributed by atoms with Crippen molar-refractivity contribution in [2.24, 2.45) is 0 Å². The smallest absolute Gasteiger partial charge is 0.0561 e. The van der Waals surface area contributed by atoms with Crippen LogP contribution in [0.25, 0.3) is 42.1 Å². The first-order valence-electron chi connectivity index (χ1n) is 12.2. The summed E-state index contributed by atoms with van der Waals surface area (Å²) < 4.78 is 2.66. The van der Waals surface area contributed by atoms with Crippen molar-refractivity contribution in [1.29, 1.82) is 0 Å². The van der Waals surface area contributed by atoms with Gasteiger partial charge < -0.3 is 4.90 Å². The molecule has 0 N–H and O–H groups in total. The first-order chi connectivity index (χ1) is 17.9. The highest BCUT2D eigenvalue weighted by molar-refractivity contribution is 7.26. The van der Waals surface area contributed by atoms with Gasteiger partial charge in [0.15, 0.2) is 0 Å². The Hall–Kier alpha value is -4.40. The van der Waals surface area contributed by atoms with Gasteiger partial charge in [0.25, 0.3) is 0 Å². The summed E-state index contributed by atoms with van der Waals surface area (Å²) in [5.74, 6) is 0. The Kier molecular flexibility index (Phi) is 5.04. The molecule has 0 radical (unpaired) electrons. The van der Waals surface area contributed by atoms with Crippen molar-refractivity contribution in [2.45, 2.75) is 0 Å². The lowest BCUT2D eigenvalue weighted by Gasteiger charge is -2.27. The van der Waals surface area contributed by atoms with Gasteiger partial charge in [-0.1, -0.05) is 103 Å². The van der Waals surface area contributed by atoms with Crippen LogP contribution < -0.4 is 4.90 Å². The summed E-state index contributed by atoms with van der Waals surface area (Å²) in [5, 5.41) is 5.18. The normalized spacial score (nSPS) is 11.3. The zero-order valence-electron chi connectivity index (χ0n) is 19.6. The Bertz CT molecular complexity index is 1820. The van der Waals surface area contributed by atoms with Gasteiger partial charge in [-0.25, -0.2) is 0 Å². The number of hydrogen-bond acceptors (Lipinski definition) is 2. The van der Waals surface area contributed by atoms with E-state index in [2.05, 4.69) is 144 Å². The van der Waals surface area contributed by atoms with Crippen molar-refractivity contribution in [1.82, 2.24) is 0 Å². The molecule has 36 heavy (non-hydrogen) atoms. The largest absolute Gasteiger partial charge is 0.310 e. The molecule has 0 saturated heterocycles. The molecule has 1 aromatic heterocycles. The first-order valence-corrected chi connectivity index (χ1v) is 13.0. The number of thiophene rings is 1. The van der Waals surface area contributed by atoms with E-state index >= 15 is 0 Å².